The first-order chi connectivity index (χ1) is 11.1. The van der Waals surface area contributed by atoms with Gasteiger partial charge in [0.1, 0.15) is 0 Å². The fourth-order valence-corrected chi connectivity index (χ4v) is 3.13. The number of morpholine rings is 1. The van der Waals surface area contributed by atoms with Crippen molar-refractivity contribution in [1.29, 1.82) is 0 Å². The average molecular weight is 322 g/mol. The summed E-state index contributed by atoms with van der Waals surface area (Å²) in [6.45, 7) is 9.28. The molecule has 0 aliphatic carbocycles. The average Bonchev–Trinajstić information content (AvgIpc) is 2.50. The van der Waals surface area contributed by atoms with Crippen LogP contribution >= 0.6 is 0 Å². The molecule has 0 aromatic heterocycles. The minimum atomic E-state index is 0.197. The van der Waals surface area contributed by atoms with Crippen molar-refractivity contribution in [3.8, 4) is 11.5 Å². The number of rotatable bonds is 8. The molecule has 5 heteroatoms. The van der Waals surface area contributed by atoms with Crippen LogP contribution in [0.25, 0.3) is 0 Å². The van der Waals surface area contributed by atoms with Crippen LogP contribution in [0.15, 0.2) is 18.2 Å². The van der Waals surface area contributed by atoms with Gasteiger partial charge in [0.15, 0.2) is 11.5 Å². The van der Waals surface area contributed by atoms with Gasteiger partial charge in [0.25, 0.3) is 0 Å². The van der Waals surface area contributed by atoms with Gasteiger partial charge < -0.3 is 19.9 Å². The van der Waals surface area contributed by atoms with Crippen LogP contribution in [0.1, 0.15) is 32.3 Å². The monoisotopic (exact) mass is 322 g/mol. The summed E-state index contributed by atoms with van der Waals surface area (Å²) in [6.07, 6.45) is 3.04. The highest BCUT2D eigenvalue weighted by Gasteiger charge is 2.21. The van der Waals surface area contributed by atoms with Crippen LogP contribution < -0.4 is 10.1 Å². The second-order valence-electron chi connectivity index (χ2n) is 6.41. The number of phenols is 1. The molecule has 2 rings (SSSR count). The van der Waals surface area contributed by atoms with E-state index in [4.69, 9.17) is 9.47 Å². The minimum absolute atomic E-state index is 0.197. The summed E-state index contributed by atoms with van der Waals surface area (Å²) >= 11 is 0. The fourth-order valence-electron chi connectivity index (χ4n) is 3.13. The third-order valence-electron chi connectivity index (χ3n) is 4.15. The lowest BCUT2D eigenvalue weighted by Gasteiger charge is -2.35. The van der Waals surface area contributed by atoms with Crippen molar-refractivity contribution < 1.29 is 14.6 Å². The Hall–Kier alpha value is -1.30. The zero-order chi connectivity index (χ0) is 16.7. The van der Waals surface area contributed by atoms with Gasteiger partial charge in [-0.2, -0.15) is 0 Å². The molecule has 130 valence electrons. The van der Waals surface area contributed by atoms with E-state index in [0.29, 0.717) is 18.0 Å². The van der Waals surface area contributed by atoms with Gasteiger partial charge in [-0.05, 0) is 57.5 Å². The van der Waals surface area contributed by atoms with Gasteiger partial charge in [-0.15, -0.1) is 0 Å². The molecule has 0 spiro atoms. The Bertz CT molecular complexity index is 471. The maximum atomic E-state index is 9.75. The van der Waals surface area contributed by atoms with Crippen molar-refractivity contribution in [2.24, 2.45) is 0 Å². The molecule has 0 bridgehead atoms. The molecular weight excluding hydrogens is 292 g/mol. The van der Waals surface area contributed by atoms with Crippen LogP contribution in [-0.4, -0.2) is 55.5 Å². The summed E-state index contributed by atoms with van der Waals surface area (Å²) < 4.78 is 10.8. The van der Waals surface area contributed by atoms with Crippen LogP contribution in [0.2, 0.25) is 0 Å². The van der Waals surface area contributed by atoms with Crippen LogP contribution in [0, 0.1) is 0 Å². The maximum Gasteiger partial charge on any atom is 0.160 e. The van der Waals surface area contributed by atoms with E-state index in [2.05, 4.69) is 24.1 Å². The van der Waals surface area contributed by atoms with Gasteiger partial charge >= 0.3 is 0 Å². The number of benzene rings is 1. The molecule has 1 aromatic carbocycles. The maximum absolute atomic E-state index is 9.75. The molecule has 1 heterocycles. The highest BCUT2D eigenvalue weighted by atomic mass is 16.5. The van der Waals surface area contributed by atoms with E-state index in [0.717, 1.165) is 44.7 Å². The number of unbranched alkanes of at least 4 members (excludes halogenated alkanes) is 1. The number of ether oxygens (including phenoxy) is 2. The molecule has 1 saturated heterocycles. The van der Waals surface area contributed by atoms with E-state index in [-0.39, 0.29) is 5.75 Å². The lowest BCUT2D eigenvalue weighted by atomic mass is 10.2. The molecule has 0 radical (unpaired) electrons. The van der Waals surface area contributed by atoms with Crippen LogP contribution in [0.4, 0.5) is 0 Å². The van der Waals surface area contributed by atoms with Crippen molar-refractivity contribution in [2.75, 3.05) is 33.3 Å². The van der Waals surface area contributed by atoms with Crippen molar-refractivity contribution >= 4 is 0 Å². The smallest absolute Gasteiger partial charge is 0.160 e. The first-order valence-corrected chi connectivity index (χ1v) is 8.53. The van der Waals surface area contributed by atoms with Crippen molar-refractivity contribution in [3.05, 3.63) is 23.8 Å². The molecule has 1 aliphatic rings. The van der Waals surface area contributed by atoms with Crippen molar-refractivity contribution in [1.82, 2.24) is 10.2 Å². The minimum Gasteiger partial charge on any atom is -0.504 e. The Morgan fingerprint density at radius 3 is 2.65 bits per heavy atom. The number of methoxy groups -OCH3 is 1. The number of phenolic OH excluding ortho intramolecular Hbond substituents is 1. The van der Waals surface area contributed by atoms with Gasteiger partial charge in [-0.1, -0.05) is 6.07 Å². The SMILES string of the molecule is COc1ccc(CNCCCCN2CC(C)OC(C)C2)cc1O. The largest absolute Gasteiger partial charge is 0.504 e. The van der Waals surface area contributed by atoms with Crippen LogP contribution in [0.3, 0.4) is 0 Å². The Balaban J connectivity index is 1.58. The summed E-state index contributed by atoms with van der Waals surface area (Å²) in [6, 6.07) is 5.53. The Kier molecular flexibility index (Phi) is 7.15. The zero-order valence-corrected chi connectivity index (χ0v) is 14.5. The third kappa shape index (κ3) is 6.01. The second kappa shape index (κ2) is 9.11. The summed E-state index contributed by atoms with van der Waals surface area (Å²) in [5.41, 5.74) is 1.07. The molecule has 5 nitrogen and oxygen atoms in total. The quantitative estimate of drug-likeness (QED) is 0.720. The van der Waals surface area contributed by atoms with E-state index in [9.17, 15) is 5.11 Å². The molecule has 1 aromatic rings. The van der Waals surface area contributed by atoms with E-state index in [1.807, 2.05) is 6.07 Å². The molecule has 1 fully saturated rings. The normalized spacial score (nSPS) is 22.2. The Morgan fingerprint density at radius 2 is 2.00 bits per heavy atom. The second-order valence-corrected chi connectivity index (χ2v) is 6.41. The highest BCUT2D eigenvalue weighted by Crippen LogP contribution is 2.26. The van der Waals surface area contributed by atoms with Gasteiger partial charge in [-0.3, -0.25) is 4.90 Å². The lowest BCUT2D eigenvalue weighted by molar-refractivity contribution is -0.0681. The van der Waals surface area contributed by atoms with Gasteiger partial charge in [0.05, 0.1) is 19.3 Å². The topological polar surface area (TPSA) is 54.0 Å². The van der Waals surface area contributed by atoms with Gasteiger partial charge in [0.2, 0.25) is 0 Å². The van der Waals surface area contributed by atoms with Crippen molar-refractivity contribution in [2.45, 2.75) is 45.4 Å². The molecule has 0 saturated carbocycles. The third-order valence-corrected chi connectivity index (χ3v) is 4.15. The van der Waals surface area contributed by atoms with E-state index >= 15 is 0 Å². The molecule has 2 N–H and O–H groups in total. The number of hydrogen-bond donors (Lipinski definition) is 2. The zero-order valence-electron chi connectivity index (χ0n) is 14.5. The molecule has 0 amide bonds. The molecule has 23 heavy (non-hydrogen) atoms. The molecule has 2 unspecified atom stereocenters. The number of aromatic hydroxyl groups is 1. The van der Waals surface area contributed by atoms with Crippen LogP contribution in [-0.2, 0) is 11.3 Å². The summed E-state index contributed by atoms with van der Waals surface area (Å²) in [4.78, 5) is 2.50. The number of hydrogen-bond acceptors (Lipinski definition) is 5. The van der Waals surface area contributed by atoms with Gasteiger partial charge in [0, 0.05) is 19.6 Å². The summed E-state index contributed by atoms with van der Waals surface area (Å²) in [5, 5.41) is 13.2. The lowest BCUT2D eigenvalue weighted by Crippen LogP contribution is -2.45. The Morgan fingerprint density at radius 1 is 1.26 bits per heavy atom. The first kappa shape index (κ1) is 18.0. The molecular formula is C18H30N2O3. The predicted octanol–water partition coefficient (Wildman–Crippen LogP) is 2.38. The van der Waals surface area contributed by atoms with E-state index < -0.39 is 0 Å². The van der Waals surface area contributed by atoms with Crippen LogP contribution in [0.5, 0.6) is 11.5 Å². The Labute approximate surface area is 139 Å². The van der Waals surface area contributed by atoms with E-state index in [1.165, 1.54) is 6.42 Å². The first-order valence-electron chi connectivity index (χ1n) is 8.53. The van der Waals surface area contributed by atoms with Gasteiger partial charge in [-0.25, -0.2) is 0 Å². The predicted molar refractivity (Wildman–Crippen MR) is 92.0 cm³/mol. The number of nitrogens with zero attached hydrogens (tertiary/aromatic N) is 1. The number of nitrogens with one attached hydrogen (secondary N) is 1. The van der Waals surface area contributed by atoms with Crippen molar-refractivity contribution in [3.63, 3.8) is 0 Å². The molecule has 1 aliphatic heterocycles. The molecule has 2 atom stereocenters. The fraction of sp³-hybridized carbons (Fsp3) is 0.667. The standard InChI is InChI=1S/C18H30N2O3/c1-14-12-20(13-15(2)23-14)9-5-4-8-19-11-16-6-7-18(22-3)17(21)10-16/h6-7,10,14-15,19,21H,4-5,8-9,11-13H2,1-3H3. The summed E-state index contributed by atoms with van der Waals surface area (Å²) in [7, 11) is 1.56. The highest BCUT2D eigenvalue weighted by molar-refractivity contribution is 5.41. The van der Waals surface area contributed by atoms with E-state index in [1.54, 1.807) is 19.2 Å². The summed E-state index contributed by atoms with van der Waals surface area (Å²) in [5.74, 6) is 0.713.